The molecule has 0 saturated heterocycles. The third-order valence-electron chi connectivity index (χ3n) is 3.25. The first-order valence-electron chi connectivity index (χ1n) is 7.15. The molecule has 0 spiro atoms. The number of rotatable bonds is 9. The molecule has 7 heteroatoms. The van der Waals surface area contributed by atoms with Crippen LogP contribution in [0.2, 0.25) is 0 Å². The third-order valence-corrected chi connectivity index (χ3v) is 5.06. The molecule has 1 rings (SSSR count). The van der Waals surface area contributed by atoms with Gasteiger partial charge in [-0.1, -0.05) is 19.1 Å². The van der Waals surface area contributed by atoms with Gasteiger partial charge in [0.15, 0.2) is 0 Å². The Kier molecular flexibility index (Phi) is 6.83. The van der Waals surface area contributed by atoms with Crippen LogP contribution in [0.5, 0.6) is 5.75 Å². The van der Waals surface area contributed by atoms with Crippen molar-refractivity contribution in [2.75, 3.05) is 13.2 Å². The Hall–Kier alpha value is -1.60. The van der Waals surface area contributed by atoms with E-state index in [-0.39, 0.29) is 18.9 Å². The summed E-state index contributed by atoms with van der Waals surface area (Å²) >= 11 is 0. The number of aliphatic carboxylic acids is 1. The fourth-order valence-electron chi connectivity index (χ4n) is 1.67. The molecule has 0 aliphatic rings. The second-order valence-electron chi connectivity index (χ2n) is 5.40. The van der Waals surface area contributed by atoms with Crippen molar-refractivity contribution < 1.29 is 23.1 Å². The predicted molar refractivity (Wildman–Crippen MR) is 84.7 cm³/mol. The van der Waals surface area contributed by atoms with Gasteiger partial charge in [0.05, 0.1) is 18.3 Å². The Morgan fingerprint density at radius 1 is 1.23 bits per heavy atom. The van der Waals surface area contributed by atoms with E-state index in [4.69, 9.17) is 9.84 Å². The molecule has 22 heavy (non-hydrogen) atoms. The van der Waals surface area contributed by atoms with Crippen LogP contribution in [0, 0.1) is 0 Å². The maximum Gasteiger partial charge on any atom is 0.306 e. The molecule has 0 aliphatic carbocycles. The molecule has 0 aromatic heterocycles. The Balaban J connectivity index is 2.53. The summed E-state index contributed by atoms with van der Waals surface area (Å²) in [5.74, 6) is -0.274. The number of hydrogen-bond acceptors (Lipinski definition) is 4. The van der Waals surface area contributed by atoms with Crippen LogP contribution >= 0.6 is 0 Å². The molecular formula is C15H23NO5S. The molecule has 2 N–H and O–H groups in total. The van der Waals surface area contributed by atoms with Crippen LogP contribution in [-0.4, -0.2) is 37.9 Å². The Morgan fingerprint density at radius 3 is 2.32 bits per heavy atom. The monoisotopic (exact) mass is 329 g/mol. The molecule has 0 saturated carbocycles. The number of benzene rings is 1. The van der Waals surface area contributed by atoms with E-state index >= 15 is 0 Å². The lowest BCUT2D eigenvalue weighted by Crippen LogP contribution is -2.33. The largest absolute Gasteiger partial charge is 0.493 e. The first kappa shape index (κ1) is 18.4. The van der Waals surface area contributed by atoms with E-state index in [1.54, 1.807) is 26.0 Å². The second kappa shape index (κ2) is 8.14. The van der Waals surface area contributed by atoms with E-state index in [0.717, 1.165) is 5.56 Å². The lowest BCUT2D eigenvalue weighted by atomic mass is 10.0. The molecule has 0 radical (unpaired) electrons. The standard InChI is InChI=1S/C15H23NO5S/c1-11(2)22(19,20)16-10-12(3)13-4-6-14(7-5-13)21-9-8-15(17)18/h4-7,11-12,16H,8-10H2,1-3H3,(H,17,18). The first-order valence-corrected chi connectivity index (χ1v) is 8.70. The molecule has 0 bridgehead atoms. The number of carboxylic acid groups (broad SMARTS) is 1. The fourth-order valence-corrected chi connectivity index (χ4v) is 2.49. The summed E-state index contributed by atoms with van der Waals surface area (Å²) in [5.41, 5.74) is 0.983. The third kappa shape index (κ3) is 6.03. The summed E-state index contributed by atoms with van der Waals surface area (Å²) in [4.78, 5) is 10.4. The Labute approximate surface area is 131 Å². The average molecular weight is 329 g/mol. The summed E-state index contributed by atoms with van der Waals surface area (Å²) in [6.45, 7) is 5.66. The van der Waals surface area contributed by atoms with Gasteiger partial charge in [0, 0.05) is 6.54 Å². The molecule has 0 aliphatic heterocycles. The minimum atomic E-state index is -3.26. The van der Waals surface area contributed by atoms with E-state index in [1.807, 2.05) is 19.1 Å². The molecule has 1 aromatic rings. The number of hydrogen-bond donors (Lipinski definition) is 2. The van der Waals surface area contributed by atoms with Gasteiger partial charge in [0.1, 0.15) is 5.75 Å². The first-order chi connectivity index (χ1) is 10.2. The maximum atomic E-state index is 11.7. The predicted octanol–water partition coefficient (Wildman–Crippen LogP) is 1.97. The van der Waals surface area contributed by atoms with E-state index in [0.29, 0.717) is 12.3 Å². The van der Waals surface area contributed by atoms with Crippen LogP contribution < -0.4 is 9.46 Å². The highest BCUT2D eigenvalue weighted by molar-refractivity contribution is 7.90. The van der Waals surface area contributed by atoms with E-state index in [2.05, 4.69) is 4.72 Å². The lowest BCUT2D eigenvalue weighted by molar-refractivity contribution is -0.137. The van der Waals surface area contributed by atoms with Crippen molar-refractivity contribution >= 4 is 16.0 Å². The Morgan fingerprint density at radius 2 is 1.82 bits per heavy atom. The molecule has 1 unspecified atom stereocenters. The normalized spacial score (nSPS) is 13.1. The minimum Gasteiger partial charge on any atom is -0.493 e. The topological polar surface area (TPSA) is 92.7 Å². The van der Waals surface area contributed by atoms with Gasteiger partial charge in [-0.3, -0.25) is 4.79 Å². The van der Waals surface area contributed by atoms with Gasteiger partial charge < -0.3 is 9.84 Å². The summed E-state index contributed by atoms with van der Waals surface area (Å²) in [5, 5.41) is 8.08. The highest BCUT2D eigenvalue weighted by atomic mass is 32.2. The summed E-state index contributed by atoms with van der Waals surface area (Å²) in [6.07, 6.45) is -0.0465. The molecule has 1 atom stereocenters. The van der Waals surface area contributed by atoms with Gasteiger partial charge in [-0.25, -0.2) is 13.1 Å². The fraction of sp³-hybridized carbons (Fsp3) is 0.533. The number of carboxylic acids is 1. The summed E-state index contributed by atoms with van der Waals surface area (Å²) < 4.78 is 31.3. The zero-order valence-corrected chi connectivity index (χ0v) is 13.9. The highest BCUT2D eigenvalue weighted by Gasteiger charge is 2.16. The zero-order chi connectivity index (χ0) is 16.8. The smallest absolute Gasteiger partial charge is 0.306 e. The van der Waals surface area contributed by atoms with Gasteiger partial charge in [0.25, 0.3) is 0 Å². The van der Waals surface area contributed by atoms with Crippen molar-refractivity contribution in [3.63, 3.8) is 0 Å². The van der Waals surface area contributed by atoms with Gasteiger partial charge in [-0.05, 0) is 37.5 Å². The van der Waals surface area contributed by atoms with Crippen molar-refractivity contribution in [2.45, 2.75) is 38.4 Å². The zero-order valence-electron chi connectivity index (χ0n) is 13.1. The van der Waals surface area contributed by atoms with E-state index in [9.17, 15) is 13.2 Å². The van der Waals surface area contributed by atoms with Crippen LogP contribution in [0.25, 0.3) is 0 Å². The second-order valence-corrected chi connectivity index (χ2v) is 7.73. The molecule has 0 heterocycles. The number of ether oxygens (including phenoxy) is 1. The number of sulfonamides is 1. The summed E-state index contributed by atoms with van der Waals surface area (Å²) in [6, 6.07) is 7.21. The van der Waals surface area contributed by atoms with Crippen molar-refractivity contribution in [1.82, 2.24) is 4.72 Å². The number of nitrogens with one attached hydrogen (secondary N) is 1. The van der Waals surface area contributed by atoms with Crippen molar-refractivity contribution in [1.29, 1.82) is 0 Å². The van der Waals surface area contributed by atoms with Gasteiger partial charge >= 0.3 is 5.97 Å². The van der Waals surface area contributed by atoms with Crippen molar-refractivity contribution in [3.05, 3.63) is 29.8 Å². The van der Waals surface area contributed by atoms with E-state index < -0.39 is 21.2 Å². The lowest BCUT2D eigenvalue weighted by Gasteiger charge is -2.15. The SMILES string of the molecule is CC(CNS(=O)(=O)C(C)C)c1ccc(OCCC(=O)O)cc1. The molecule has 0 fully saturated rings. The molecular weight excluding hydrogens is 306 g/mol. The summed E-state index contributed by atoms with van der Waals surface area (Å²) in [7, 11) is -3.26. The van der Waals surface area contributed by atoms with Crippen LogP contribution in [0.1, 0.15) is 38.7 Å². The quantitative estimate of drug-likeness (QED) is 0.722. The molecule has 6 nitrogen and oxygen atoms in total. The Bertz CT molecular complexity index is 580. The van der Waals surface area contributed by atoms with Crippen molar-refractivity contribution in [2.24, 2.45) is 0 Å². The number of carbonyl (C=O) groups is 1. The van der Waals surface area contributed by atoms with Crippen LogP contribution in [0.15, 0.2) is 24.3 Å². The highest BCUT2D eigenvalue weighted by Crippen LogP contribution is 2.19. The minimum absolute atomic E-state index is 0.0293. The maximum absolute atomic E-state index is 11.7. The van der Waals surface area contributed by atoms with Gasteiger partial charge in [0.2, 0.25) is 10.0 Å². The van der Waals surface area contributed by atoms with E-state index in [1.165, 1.54) is 0 Å². The molecule has 0 amide bonds. The van der Waals surface area contributed by atoms with Gasteiger partial charge in [-0.15, -0.1) is 0 Å². The van der Waals surface area contributed by atoms with Gasteiger partial charge in [-0.2, -0.15) is 0 Å². The molecule has 124 valence electrons. The molecule has 1 aromatic carbocycles. The van der Waals surface area contributed by atoms with Crippen LogP contribution in [-0.2, 0) is 14.8 Å². The van der Waals surface area contributed by atoms with Crippen LogP contribution in [0.3, 0.4) is 0 Å². The van der Waals surface area contributed by atoms with Crippen LogP contribution in [0.4, 0.5) is 0 Å². The average Bonchev–Trinajstić information content (AvgIpc) is 2.45. The van der Waals surface area contributed by atoms with Crippen molar-refractivity contribution in [3.8, 4) is 5.75 Å².